The van der Waals surface area contributed by atoms with Crippen LogP contribution in [0.25, 0.3) is 22.0 Å². The normalized spacial score (nSPS) is 17.3. The highest BCUT2D eigenvalue weighted by molar-refractivity contribution is 6.06. The number of methoxy groups -OCH3 is 1. The molecule has 1 amide bonds. The van der Waals surface area contributed by atoms with E-state index in [1.165, 1.54) is 25.3 Å². The molecule has 0 bridgehead atoms. The molecular weight excluding hydrogens is 490 g/mol. The van der Waals surface area contributed by atoms with E-state index in [0.717, 1.165) is 16.7 Å². The van der Waals surface area contributed by atoms with Crippen molar-refractivity contribution in [2.45, 2.75) is 38.3 Å². The molecule has 0 radical (unpaired) electrons. The summed E-state index contributed by atoms with van der Waals surface area (Å²) in [5.74, 6) is -2.11. The first-order valence-electron chi connectivity index (χ1n) is 12.6. The Morgan fingerprint density at radius 3 is 2.32 bits per heavy atom. The van der Waals surface area contributed by atoms with E-state index in [-0.39, 0.29) is 23.6 Å². The zero-order chi connectivity index (χ0) is 26.8. The van der Waals surface area contributed by atoms with E-state index in [4.69, 9.17) is 4.74 Å². The van der Waals surface area contributed by atoms with Gasteiger partial charge < -0.3 is 19.7 Å². The smallest absolute Gasteiger partial charge is 0.306 e. The molecule has 6 nitrogen and oxygen atoms in total. The molecule has 0 unspecified atom stereocenters. The minimum absolute atomic E-state index is 0.112. The van der Waals surface area contributed by atoms with Crippen molar-refractivity contribution >= 4 is 22.8 Å². The highest BCUT2D eigenvalue weighted by Gasteiger charge is 2.27. The second kappa shape index (κ2) is 10.7. The van der Waals surface area contributed by atoms with Crippen LogP contribution in [-0.4, -0.2) is 34.7 Å². The Labute approximate surface area is 218 Å². The van der Waals surface area contributed by atoms with Gasteiger partial charge in [0.1, 0.15) is 5.82 Å². The number of halogens is 2. The Bertz CT molecular complexity index is 1490. The number of carboxylic acids is 1. The number of amides is 1. The molecule has 1 fully saturated rings. The van der Waals surface area contributed by atoms with Crippen LogP contribution < -0.4 is 10.1 Å². The van der Waals surface area contributed by atoms with Gasteiger partial charge in [-0.2, -0.15) is 0 Å². The number of nitrogens with zero attached hydrogens (tertiary/aromatic N) is 1. The van der Waals surface area contributed by atoms with Crippen molar-refractivity contribution in [1.82, 2.24) is 9.88 Å². The Morgan fingerprint density at radius 2 is 1.63 bits per heavy atom. The van der Waals surface area contributed by atoms with Crippen molar-refractivity contribution in [3.63, 3.8) is 0 Å². The van der Waals surface area contributed by atoms with Gasteiger partial charge in [-0.25, -0.2) is 8.78 Å². The summed E-state index contributed by atoms with van der Waals surface area (Å²) < 4.78 is 35.4. The molecule has 0 aliphatic heterocycles. The van der Waals surface area contributed by atoms with Crippen LogP contribution in [0.5, 0.6) is 5.75 Å². The number of carbonyl (C=O) groups excluding carboxylic acids is 1. The van der Waals surface area contributed by atoms with Gasteiger partial charge in [0.2, 0.25) is 0 Å². The number of fused-ring (bicyclic) bond motifs is 1. The van der Waals surface area contributed by atoms with Crippen molar-refractivity contribution in [2.75, 3.05) is 7.11 Å². The highest BCUT2D eigenvalue weighted by atomic mass is 19.1. The Hall–Kier alpha value is -4.20. The van der Waals surface area contributed by atoms with Gasteiger partial charge in [0.05, 0.1) is 24.1 Å². The van der Waals surface area contributed by atoms with E-state index in [1.54, 1.807) is 24.4 Å². The molecule has 2 N–H and O–H groups in total. The topological polar surface area (TPSA) is 80.6 Å². The second-order valence-corrected chi connectivity index (χ2v) is 9.71. The van der Waals surface area contributed by atoms with E-state index < -0.39 is 17.6 Å². The molecule has 1 aliphatic carbocycles. The van der Waals surface area contributed by atoms with Gasteiger partial charge in [-0.05, 0) is 72.7 Å². The fourth-order valence-corrected chi connectivity index (χ4v) is 5.19. The Morgan fingerprint density at radius 1 is 0.947 bits per heavy atom. The predicted octanol–water partition coefficient (Wildman–Crippen LogP) is 6.02. The molecule has 8 heteroatoms. The number of carbonyl (C=O) groups is 2. The van der Waals surface area contributed by atoms with E-state index in [1.807, 2.05) is 28.8 Å². The van der Waals surface area contributed by atoms with E-state index in [0.29, 0.717) is 48.7 Å². The fraction of sp³-hybridized carbons (Fsp3) is 0.267. The number of ether oxygens (including phenoxy) is 1. The summed E-state index contributed by atoms with van der Waals surface area (Å²) in [6.45, 7) is 0.421. The first kappa shape index (κ1) is 25.4. The third kappa shape index (κ3) is 5.11. The number of rotatable bonds is 7. The van der Waals surface area contributed by atoms with Gasteiger partial charge in [-0.3, -0.25) is 9.59 Å². The molecule has 0 spiro atoms. The van der Waals surface area contributed by atoms with Crippen LogP contribution in [0.3, 0.4) is 0 Å². The molecule has 1 aliphatic rings. The van der Waals surface area contributed by atoms with Crippen molar-refractivity contribution in [3.05, 3.63) is 89.6 Å². The summed E-state index contributed by atoms with van der Waals surface area (Å²) in [5.41, 5.74) is 3.55. The maximum Gasteiger partial charge on any atom is 0.306 e. The largest absolute Gasteiger partial charge is 0.494 e. The van der Waals surface area contributed by atoms with Gasteiger partial charge in [0, 0.05) is 24.2 Å². The number of hydrogen-bond donors (Lipinski definition) is 2. The lowest BCUT2D eigenvalue weighted by Gasteiger charge is -2.27. The molecule has 0 atom stereocenters. The van der Waals surface area contributed by atoms with E-state index in [2.05, 4.69) is 5.32 Å². The predicted molar refractivity (Wildman–Crippen MR) is 140 cm³/mol. The average molecular weight is 519 g/mol. The van der Waals surface area contributed by atoms with Crippen molar-refractivity contribution in [1.29, 1.82) is 0 Å². The molecule has 196 valence electrons. The molecule has 1 aromatic heterocycles. The van der Waals surface area contributed by atoms with Gasteiger partial charge in [0.25, 0.3) is 5.91 Å². The number of carboxylic acid groups (broad SMARTS) is 1. The zero-order valence-electron chi connectivity index (χ0n) is 20.9. The third-order valence-electron chi connectivity index (χ3n) is 7.32. The van der Waals surface area contributed by atoms with Crippen LogP contribution in [0.15, 0.2) is 66.9 Å². The lowest BCUT2D eigenvalue weighted by Crippen LogP contribution is -2.38. The maximum absolute atomic E-state index is 14.7. The summed E-state index contributed by atoms with van der Waals surface area (Å²) in [4.78, 5) is 24.5. The van der Waals surface area contributed by atoms with Crippen LogP contribution in [0.4, 0.5) is 8.78 Å². The number of aliphatic carboxylic acids is 1. The molecule has 38 heavy (non-hydrogen) atoms. The van der Waals surface area contributed by atoms with E-state index in [9.17, 15) is 23.5 Å². The summed E-state index contributed by atoms with van der Waals surface area (Å²) in [6, 6.07) is 16.8. The number of hydrogen-bond acceptors (Lipinski definition) is 3. The molecule has 0 saturated heterocycles. The highest BCUT2D eigenvalue weighted by Crippen LogP contribution is 2.29. The van der Waals surface area contributed by atoms with Crippen molar-refractivity contribution in [2.24, 2.45) is 5.92 Å². The maximum atomic E-state index is 14.7. The monoisotopic (exact) mass is 518 g/mol. The van der Waals surface area contributed by atoms with Crippen LogP contribution in [0.2, 0.25) is 0 Å². The van der Waals surface area contributed by atoms with Gasteiger partial charge >= 0.3 is 5.97 Å². The molecule has 5 rings (SSSR count). The van der Waals surface area contributed by atoms with Crippen LogP contribution in [-0.2, 0) is 11.3 Å². The van der Waals surface area contributed by atoms with Crippen LogP contribution in [0.1, 0.15) is 41.6 Å². The number of benzene rings is 3. The quantitative estimate of drug-likeness (QED) is 0.314. The summed E-state index contributed by atoms with van der Waals surface area (Å²) in [6.07, 6.45) is 4.01. The zero-order valence-corrected chi connectivity index (χ0v) is 20.9. The van der Waals surface area contributed by atoms with Crippen LogP contribution >= 0.6 is 0 Å². The first-order chi connectivity index (χ1) is 18.3. The molecule has 1 heterocycles. The summed E-state index contributed by atoms with van der Waals surface area (Å²) in [7, 11) is 1.42. The van der Waals surface area contributed by atoms with Gasteiger partial charge in [-0.1, -0.05) is 30.3 Å². The second-order valence-electron chi connectivity index (χ2n) is 9.71. The lowest BCUT2D eigenvalue weighted by atomic mass is 9.86. The third-order valence-corrected chi connectivity index (χ3v) is 7.32. The molecule has 3 aromatic carbocycles. The number of aromatic nitrogens is 1. The number of nitrogens with one attached hydrogen (secondary N) is 1. The Kier molecular flexibility index (Phi) is 7.13. The average Bonchev–Trinajstić information content (AvgIpc) is 3.34. The molecular formula is C30H28F2N2O4. The van der Waals surface area contributed by atoms with Crippen LogP contribution in [0, 0.1) is 17.6 Å². The minimum atomic E-state index is -0.793. The fourth-order valence-electron chi connectivity index (χ4n) is 5.19. The van der Waals surface area contributed by atoms with Crippen molar-refractivity contribution < 1.29 is 28.2 Å². The first-order valence-corrected chi connectivity index (χ1v) is 12.6. The van der Waals surface area contributed by atoms with Gasteiger partial charge in [0.15, 0.2) is 11.6 Å². The Balaban J connectivity index is 1.36. The SMILES string of the molecule is COc1cc(-c2ccc(Cn3ccc4c(F)ccc(C(=O)NC5CCC(C(=O)O)CC5)c43)cc2)ccc1F. The molecule has 1 saturated carbocycles. The van der Waals surface area contributed by atoms with Gasteiger partial charge in [-0.15, -0.1) is 0 Å². The molecule has 4 aromatic rings. The van der Waals surface area contributed by atoms with E-state index >= 15 is 0 Å². The summed E-state index contributed by atoms with van der Waals surface area (Å²) >= 11 is 0. The van der Waals surface area contributed by atoms with Crippen molar-refractivity contribution in [3.8, 4) is 16.9 Å². The summed E-state index contributed by atoms with van der Waals surface area (Å²) in [5, 5.41) is 12.6. The standard InChI is InChI=1S/C30H28F2N2O4/c1-38-27-16-21(8-12-26(27)32)19-4-2-18(3-5-19)17-34-15-14-23-25(31)13-11-24(28(23)34)29(35)33-22-9-6-20(7-10-22)30(36)37/h2-5,8,11-16,20,22H,6-7,9-10,17H2,1H3,(H,33,35)(H,36,37). The minimum Gasteiger partial charge on any atom is -0.494 e. The lowest BCUT2D eigenvalue weighted by molar-refractivity contribution is -0.142.